The highest BCUT2D eigenvalue weighted by atomic mass is 32.1. The fourth-order valence-electron chi connectivity index (χ4n) is 5.08. The van der Waals surface area contributed by atoms with Gasteiger partial charge in [-0.25, -0.2) is 4.98 Å². The second-order valence-corrected chi connectivity index (χ2v) is 18.0. The van der Waals surface area contributed by atoms with E-state index in [1.807, 2.05) is 18.2 Å². The molecule has 1 saturated heterocycles. The van der Waals surface area contributed by atoms with E-state index in [-0.39, 0.29) is 16.8 Å². The minimum atomic E-state index is -2.00. The Morgan fingerprint density at radius 3 is 2.45 bits per heavy atom. The van der Waals surface area contributed by atoms with Crippen LogP contribution in [0.3, 0.4) is 0 Å². The van der Waals surface area contributed by atoms with E-state index in [2.05, 4.69) is 105 Å². The number of carbonyl (C=O) groups is 1. The third-order valence-electron chi connectivity index (χ3n) is 8.40. The summed E-state index contributed by atoms with van der Waals surface area (Å²) in [5.41, 5.74) is 3.25. The molecule has 0 saturated carbocycles. The van der Waals surface area contributed by atoms with Crippen LogP contribution in [0.5, 0.6) is 5.75 Å². The van der Waals surface area contributed by atoms with Crippen LogP contribution in [0.25, 0.3) is 10.6 Å². The average molecular weight is 577 g/mol. The molecule has 1 aromatic heterocycles. The predicted octanol–water partition coefficient (Wildman–Crippen LogP) is 6.23. The minimum absolute atomic E-state index is 0.0271. The van der Waals surface area contributed by atoms with Crippen molar-refractivity contribution >= 4 is 25.6 Å². The average Bonchev–Trinajstić information content (AvgIpc) is 3.38. The van der Waals surface area contributed by atoms with Gasteiger partial charge in [-0.2, -0.15) is 0 Å². The number of benzene rings is 2. The molecule has 1 aliphatic rings. The molecule has 0 radical (unpaired) electrons. The number of rotatable bonds is 9. The lowest BCUT2D eigenvalue weighted by molar-refractivity contribution is -0.255. The molecule has 1 aliphatic heterocycles. The van der Waals surface area contributed by atoms with E-state index in [4.69, 9.17) is 4.43 Å². The summed E-state index contributed by atoms with van der Waals surface area (Å²) in [6.45, 7) is 22.7. The molecule has 8 heteroatoms. The second kappa shape index (κ2) is 12.0. The Bertz CT molecular complexity index is 1330. The third-order valence-corrected chi connectivity index (χ3v) is 13.6. The quantitative estimate of drug-likeness (QED) is 0.222. The fraction of sp³-hybridized carbons (Fsp3) is 0.438. The minimum Gasteiger partial charge on any atom is -0.543 e. The molecule has 0 spiro atoms. The van der Waals surface area contributed by atoms with E-state index in [1.54, 1.807) is 0 Å². The van der Waals surface area contributed by atoms with Crippen molar-refractivity contribution in [1.29, 1.82) is 0 Å². The van der Waals surface area contributed by atoms with Gasteiger partial charge in [-0.1, -0.05) is 63.2 Å². The lowest BCUT2D eigenvalue weighted by atomic mass is 9.93. The van der Waals surface area contributed by atoms with Crippen molar-refractivity contribution in [2.45, 2.75) is 70.9 Å². The first kappa shape index (κ1) is 30.2. The zero-order valence-corrected chi connectivity index (χ0v) is 26.6. The molecule has 0 aliphatic carbocycles. The summed E-state index contributed by atoms with van der Waals surface area (Å²) in [6, 6.07) is 17.7. The van der Waals surface area contributed by atoms with Crippen molar-refractivity contribution in [2.24, 2.45) is 0 Å². The maximum Gasteiger partial charge on any atom is 0.250 e. The van der Waals surface area contributed by atoms with Crippen LogP contribution in [0, 0.1) is 0 Å². The molecule has 214 valence electrons. The Morgan fingerprint density at radius 2 is 1.85 bits per heavy atom. The fourth-order valence-corrected chi connectivity index (χ4v) is 6.90. The molecule has 6 nitrogen and oxygen atoms in total. The van der Waals surface area contributed by atoms with Crippen LogP contribution in [0.15, 0.2) is 66.6 Å². The Balaban J connectivity index is 1.72. The van der Waals surface area contributed by atoms with Crippen LogP contribution in [0.2, 0.25) is 18.1 Å². The topological polar surface area (TPSA) is 68.7 Å². The number of carboxylic acid groups (broad SMARTS) is 1. The first-order chi connectivity index (χ1) is 18.8. The summed E-state index contributed by atoms with van der Waals surface area (Å²) in [4.78, 5) is 20.5. The van der Waals surface area contributed by atoms with Crippen LogP contribution < -0.4 is 9.53 Å². The van der Waals surface area contributed by atoms with Gasteiger partial charge in [0, 0.05) is 42.7 Å². The molecule has 40 heavy (non-hydrogen) atoms. The number of hydrogen-bond donors (Lipinski definition) is 0. The van der Waals surface area contributed by atoms with Gasteiger partial charge in [0.2, 0.25) is 8.32 Å². The van der Waals surface area contributed by atoms with Gasteiger partial charge in [0.05, 0.1) is 17.7 Å². The standard InChI is InChI=1S/C32H43N3O3SSi/c1-9-17-34-19-23(3)35(20-22(34)2)29(26-11-10-12-27(18-26)38-40(7,8)32(4,5)6)24-13-15-25(16-14-24)30-33-28(21-39-30)31(36)37/h9-16,18,21-23,29H,1,17,19-20H2,2-8H3,(H,36,37)/p-1. The van der Waals surface area contributed by atoms with Crippen molar-refractivity contribution in [3.05, 3.63) is 83.4 Å². The van der Waals surface area contributed by atoms with Crippen molar-refractivity contribution < 1.29 is 14.3 Å². The zero-order chi connectivity index (χ0) is 29.2. The second-order valence-electron chi connectivity index (χ2n) is 12.4. The molecule has 2 heterocycles. The normalized spacial score (nSPS) is 19.8. The summed E-state index contributed by atoms with van der Waals surface area (Å²) >= 11 is 1.32. The van der Waals surface area contributed by atoms with Crippen molar-refractivity contribution in [2.75, 3.05) is 19.6 Å². The van der Waals surface area contributed by atoms with E-state index in [9.17, 15) is 9.90 Å². The largest absolute Gasteiger partial charge is 0.543 e. The highest BCUT2D eigenvalue weighted by molar-refractivity contribution is 7.13. The maximum absolute atomic E-state index is 11.2. The number of thiazole rings is 1. The summed E-state index contributed by atoms with van der Waals surface area (Å²) < 4.78 is 6.72. The predicted molar refractivity (Wildman–Crippen MR) is 165 cm³/mol. The monoisotopic (exact) mass is 576 g/mol. The summed E-state index contributed by atoms with van der Waals surface area (Å²) in [5, 5.41) is 13.5. The molecule has 3 atom stereocenters. The molecule has 4 rings (SSSR count). The van der Waals surface area contributed by atoms with Gasteiger partial charge in [0.25, 0.3) is 0 Å². The number of hydrogen-bond acceptors (Lipinski definition) is 7. The summed E-state index contributed by atoms with van der Waals surface area (Å²) in [6.07, 6.45) is 1.99. The Morgan fingerprint density at radius 1 is 1.15 bits per heavy atom. The van der Waals surface area contributed by atoms with Gasteiger partial charge in [-0.15, -0.1) is 17.9 Å². The van der Waals surface area contributed by atoms with Crippen LogP contribution in [-0.4, -0.2) is 60.8 Å². The van der Waals surface area contributed by atoms with Crippen LogP contribution in [0.1, 0.15) is 62.3 Å². The smallest absolute Gasteiger partial charge is 0.250 e. The summed E-state index contributed by atoms with van der Waals surface area (Å²) in [5.74, 6) is -0.327. The van der Waals surface area contributed by atoms with Gasteiger partial charge >= 0.3 is 0 Å². The van der Waals surface area contributed by atoms with Crippen molar-refractivity contribution in [3.63, 3.8) is 0 Å². The van der Waals surface area contributed by atoms with Gasteiger partial charge in [0.1, 0.15) is 10.8 Å². The number of aromatic carboxylic acids is 1. The lowest BCUT2D eigenvalue weighted by Gasteiger charge is -2.47. The highest BCUT2D eigenvalue weighted by Gasteiger charge is 2.39. The van der Waals surface area contributed by atoms with E-state index >= 15 is 0 Å². The number of piperazine rings is 1. The molecule has 0 N–H and O–H groups in total. The summed E-state index contributed by atoms with van der Waals surface area (Å²) in [7, 11) is -2.00. The van der Waals surface area contributed by atoms with Gasteiger partial charge in [0.15, 0.2) is 0 Å². The van der Waals surface area contributed by atoms with Crippen LogP contribution in [0.4, 0.5) is 0 Å². The SMILES string of the molecule is C=CCN1CC(C)N(C(c2ccc(-c3nc(C(=O)[O-])cs3)cc2)c2cccc(O[Si](C)(C)C(C)(C)C)c2)CC1C. The number of carbonyl (C=O) groups excluding carboxylic acids is 1. The third kappa shape index (κ3) is 6.57. The van der Waals surface area contributed by atoms with Gasteiger partial charge in [-0.3, -0.25) is 9.80 Å². The van der Waals surface area contributed by atoms with E-state index < -0.39 is 14.3 Å². The molecule has 3 aromatic rings. The van der Waals surface area contributed by atoms with Crippen LogP contribution in [-0.2, 0) is 0 Å². The first-order valence-electron chi connectivity index (χ1n) is 14.0. The Kier molecular flexibility index (Phi) is 9.04. The van der Waals surface area contributed by atoms with Gasteiger partial charge in [-0.05, 0) is 55.2 Å². The molecule has 2 aromatic carbocycles. The van der Waals surface area contributed by atoms with Crippen molar-refractivity contribution in [1.82, 2.24) is 14.8 Å². The molecule has 1 fully saturated rings. The van der Waals surface area contributed by atoms with E-state index in [0.717, 1.165) is 30.9 Å². The van der Waals surface area contributed by atoms with Crippen molar-refractivity contribution in [3.8, 4) is 16.3 Å². The number of carboxylic acids is 1. The van der Waals surface area contributed by atoms with E-state index in [0.29, 0.717) is 17.1 Å². The van der Waals surface area contributed by atoms with Crippen LogP contribution >= 0.6 is 11.3 Å². The Hall–Kier alpha value is -2.78. The molecule has 0 amide bonds. The first-order valence-corrected chi connectivity index (χ1v) is 17.8. The molecular formula is C32H42N3O3SSi-. The molecule has 3 unspecified atom stereocenters. The molecule has 0 bridgehead atoms. The van der Waals surface area contributed by atoms with Gasteiger partial charge < -0.3 is 14.3 Å². The lowest BCUT2D eigenvalue weighted by Crippen LogP contribution is -2.57. The maximum atomic E-state index is 11.2. The number of nitrogens with zero attached hydrogens (tertiary/aromatic N) is 3. The highest BCUT2D eigenvalue weighted by Crippen LogP contribution is 2.40. The Labute approximate surface area is 244 Å². The molecular weight excluding hydrogens is 535 g/mol. The number of aromatic nitrogens is 1. The van der Waals surface area contributed by atoms with E-state index in [1.165, 1.54) is 27.8 Å². The zero-order valence-electron chi connectivity index (χ0n) is 24.8.